The number of pyridine rings is 2. The second-order valence-corrected chi connectivity index (χ2v) is 9.29. The van der Waals surface area contributed by atoms with Crippen LogP contribution >= 0.6 is 0 Å². The second-order valence-electron chi connectivity index (χ2n) is 9.29. The molecule has 1 spiro atoms. The third-order valence-electron chi connectivity index (χ3n) is 7.06. The van der Waals surface area contributed by atoms with Crippen LogP contribution in [-0.2, 0) is 4.79 Å². The molecule has 36 heavy (non-hydrogen) atoms. The molecule has 0 unspecified atom stereocenters. The summed E-state index contributed by atoms with van der Waals surface area (Å²) in [6, 6.07) is 14.0. The lowest BCUT2D eigenvalue weighted by atomic mass is 10.0. The number of nitrogens with zero attached hydrogens (tertiary/aromatic N) is 4. The van der Waals surface area contributed by atoms with Gasteiger partial charge in [0, 0.05) is 43.0 Å². The van der Waals surface area contributed by atoms with Gasteiger partial charge in [-0.05, 0) is 43.2 Å². The van der Waals surface area contributed by atoms with Crippen molar-refractivity contribution in [3.05, 3.63) is 78.2 Å². The zero-order valence-electron chi connectivity index (χ0n) is 19.3. The van der Waals surface area contributed by atoms with Crippen molar-refractivity contribution in [2.45, 2.75) is 18.4 Å². The molecule has 2 amide bonds. The topological polar surface area (TPSA) is 119 Å². The first-order valence-electron chi connectivity index (χ1n) is 11.8. The normalized spacial score (nSPS) is 16.3. The summed E-state index contributed by atoms with van der Waals surface area (Å²) in [5, 5.41) is 10.1. The van der Waals surface area contributed by atoms with E-state index in [-0.39, 0.29) is 17.2 Å². The lowest BCUT2D eigenvalue weighted by Crippen LogP contribution is -2.59. The zero-order chi connectivity index (χ0) is 24.9. The highest BCUT2D eigenvalue weighted by Gasteiger charge is 2.55. The van der Waals surface area contributed by atoms with E-state index in [1.165, 1.54) is 18.5 Å². The Morgan fingerprint density at radius 3 is 2.50 bits per heavy atom. The third kappa shape index (κ3) is 3.60. The summed E-state index contributed by atoms with van der Waals surface area (Å²) in [5.41, 5.74) is 2.05. The minimum atomic E-state index is -0.592. The van der Waals surface area contributed by atoms with Gasteiger partial charge in [-0.2, -0.15) is 0 Å². The van der Waals surface area contributed by atoms with Crippen molar-refractivity contribution in [1.29, 1.82) is 0 Å². The van der Waals surface area contributed by atoms with Crippen LogP contribution in [0, 0.1) is 0 Å². The summed E-state index contributed by atoms with van der Waals surface area (Å²) < 4.78 is 0. The van der Waals surface area contributed by atoms with Crippen molar-refractivity contribution >= 4 is 28.5 Å². The fourth-order valence-electron chi connectivity index (χ4n) is 5.00. The summed E-state index contributed by atoms with van der Waals surface area (Å²) >= 11 is 0. The molecule has 3 aromatic heterocycles. The van der Waals surface area contributed by atoms with E-state index in [0.29, 0.717) is 47.5 Å². The number of aromatic hydroxyl groups is 1. The molecule has 1 aliphatic carbocycles. The predicted octanol–water partition coefficient (Wildman–Crippen LogP) is 3.03. The van der Waals surface area contributed by atoms with Crippen molar-refractivity contribution in [2.75, 3.05) is 19.6 Å². The molecule has 1 saturated heterocycles. The fourth-order valence-corrected chi connectivity index (χ4v) is 5.00. The summed E-state index contributed by atoms with van der Waals surface area (Å²) in [7, 11) is 0. The molecule has 1 saturated carbocycles. The van der Waals surface area contributed by atoms with Gasteiger partial charge in [0.15, 0.2) is 0 Å². The molecule has 2 aliphatic rings. The van der Waals surface area contributed by atoms with E-state index in [9.17, 15) is 19.5 Å². The number of H-pyrrole nitrogens is 1. The number of benzene rings is 1. The van der Waals surface area contributed by atoms with Crippen molar-refractivity contribution in [2.24, 2.45) is 0 Å². The maximum Gasteiger partial charge on any atom is 0.295 e. The molecule has 0 radical (unpaired) electrons. The van der Waals surface area contributed by atoms with Gasteiger partial charge in [0.1, 0.15) is 11.4 Å². The quantitative estimate of drug-likeness (QED) is 0.342. The Morgan fingerprint density at radius 1 is 0.972 bits per heavy atom. The number of amides is 2. The Labute approximate surface area is 206 Å². The molecule has 1 aliphatic heterocycles. The van der Waals surface area contributed by atoms with Crippen LogP contribution in [-0.4, -0.2) is 72.6 Å². The number of ketones is 1. The molecule has 6 rings (SSSR count). The Kier molecular flexibility index (Phi) is 5.06. The average Bonchev–Trinajstić information content (AvgIpc) is 3.53. The van der Waals surface area contributed by atoms with Gasteiger partial charge in [-0.3, -0.25) is 24.4 Å². The van der Waals surface area contributed by atoms with Crippen LogP contribution < -0.4 is 0 Å². The molecule has 180 valence electrons. The highest BCUT2D eigenvalue weighted by molar-refractivity contribution is 6.45. The van der Waals surface area contributed by atoms with E-state index >= 15 is 0 Å². The number of fused-ring (bicyclic) bond motifs is 1. The molecule has 1 aromatic carbocycles. The smallest absolute Gasteiger partial charge is 0.295 e. The summed E-state index contributed by atoms with van der Waals surface area (Å²) in [6.07, 6.45) is 5.95. The van der Waals surface area contributed by atoms with Crippen LogP contribution in [0.5, 0.6) is 5.75 Å². The van der Waals surface area contributed by atoms with Crippen molar-refractivity contribution in [3.8, 4) is 17.1 Å². The number of nitrogens with one attached hydrogen (secondary N) is 1. The van der Waals surface area contributed by atoms with Crippen LogP contribution in [0.4, 0.5) is 0 Å². The number of aromatic nitrogens is 3. The lowest BCUT2D eigenvalue weighted by Gasteiger charge is -2.41. The molecule has 2 fully saturated rings. The maximum absolute atomic E-state index is 13.4. The lowest BCUT2D eigenvalue weighted by molar-refractivity contribution is -0.131. The number of hydrogen-bond donors (Lipinski definition) is 2. The molecule has 0 bridgehead atoms. The minimum absolute atomic E-state index is 0.0402. The molecule has 9 nitrogen and oxygen atoms in total. The number of Topliss-reactive ketones (excluding diaryl/α,β-unsaturated/α-hetero) is 1. The molecule has 4 heterocycles. The second kappa shape index (κ2) is 8.30. The van der Waals surface area contributed by atoms with Crippen molar-refractivity contribution in [1.82, 2.24) is 24.8 Å². The average molecular weight is 482 g/mol. The van der Waals surface area contributed by atoms with Gasteiger partial charge in [-0.25, -0.2) is 0 Å². The van der Waals surface area contributed by atoms with Gasteiger partial charge >= 0.3 is 0 Å². The van der Waals surface area contributed by atoms with Crippen LogP contribution in [0.3, 0.4) is 0 Å². The number of carbonyl (C=O) groups is 3. The number of hydrogen-bond acceptors (Lipinski definition) is 6. The molecular weight excluding hydrogens is 458 g/mol. The highest BCUT2D eigenvalue weighted by Crippen LogP contribution is 2.45. The van der Waals surface area contributed by atoms with Gasteiger partial charge in [-0.15, -0.1) is 0 Å². The van der Waals surface area contributed by atoms with E-state index in [1.807, 2.05) is 18.2 Å². The molecule has 4 aromatic rings. The Balaban J connectivity index is 1.24. The van der Waals surface area contributed by atoms with E-state index < -0.39 is 17.2 Å². The van der Waals surface area contributed by atoms with E-state index in [1.54, 1.807) is 40.3 Å². The van der Waals surface area contributed by atoms with Crippen LogP contribution in [0.2, 0.25) is 0 Å². The number of rotatable bonds is 4. The first-order chi connectivity index (χ1) is 17.5. The molecule has 0 atom stereocenters. The first-order valence-corrected chi connectivity index (χ1v) is 11.8. The number of piperazine rings is 1. The zero-order valence-corrected chi connectivity index (χ0v) is 19.3. The van der Waals surface area contributed by atoms with E-state index in [2.05, 4.69) is 15.0 Å². The fraction of sp³-hybridized carbons (Fsp3) is 0.222. The van der Waals surface area contributed by atoms with Gasteiger partial charge in [0.05, 0.1) is 28.5 Å². The number of carbonyl (C=O) groups excluding carboxylic acids is 3. The van der Waals surface area contributed by atoms with E-state index in [0.717, 1.165) is 12.8 Å². The molecule has 2 N–H and O–H groups in total. The van der Waals surface area contributed by atoms with Crippen LogP contribution in [0.1, 0.15) is 33.6 Å². The monoisotopic (exact) mass is 481 g/mol. The minimum Gasteiger partial charge on any atom is -0.506 e. The van der Waals surface area contributed by atoms with Crippen molar-refractivity contribution in [3.63, 3.8) is 0 Å². The summed E-state index contributed by atoms with van der Waals surface area (Å²) in [5.74, 6) is -1.16. The predicted molar refractivity (Wildman–Crippen MR) is 131 cm³/mol. The first kappa shape index (κ1) is 22.0. The largest absolute Gasteiger partial charge is 0.506 e. The van der Waals surface area contributed by atoms with Crippen LogP contribution in [0.25, 0.3) is 22.3 Å². The third-order valence-corrected chi connectivity index (χ3v) is 7.06. The molecule has 9 heteroatoms. The summed E-state index contributed by atoms with van der Waals surface area (Å²) in [4.78, 5) is 54.9. The Morgan fingerprint density at radius 2 is 1.78 bits per heavy atom. The van der Waals surface area contributed by atoms with Gasteiger partial charge in [0.2, 0.25) is 0 Å². The van der Waals surface area contributed by atoms with Crippen molar-refractivity contribution < 1.29 is 19.5 Å². The van der Waals surface area contributed by atoms with Gasteiger partial charge < -0.3 is 19.9 Å². The maximum atomic E-state index is 13.4. The van der Waals surface area contributed by atoms with E-state index in [4.69, 9.17) is 0 Å². The highest BCUT2D eigenvalue weighted by atomic mass is 16.3. The standard InChI is InChI=1S/C27H23N5O4/c33-18-6-7-21(29-14-18)23-22-19(8-11-28-23)20(15-30-22)24(34)26(36)32-13-12-31(16-27(32)9-10-27)25(35)17-4-2-1-3-5-17/h1-8,11,14-15,30,33H,9-10,12-13,16H2. The molecular formula is C27H23N5O4. The summed E-state index contributed by atoms with van der Waals surface area (Å²) in [6.45, 7) is 1.12. The van der Waals surface area contributed by atoms with Gasteiger partial charge in [-0.1, -0.05) is 18.2 Å². The Hall–Kier alpha value is -4.53. The Bertz CT molecular complexity index is 1490. The van der Waals surface area contributed by atoms with Gasteiger partial charge in [0.25, 0.3) is 17.6 Å². The number of aromatic amines is 1. The SMILES string of the molecule is O=C(C(=O)N1CCN(C(=O)c2ccccc2)CC12CC2)c1c[nH]c2c(-c3ccc(O)cn3)nccc12. The van der Waals surface area contributed by atoms with Crippen LogP contribution in [0.15, 0.2) is 67.1 Å².